The standard InChI is InChI=1S/C5H13N2OP.C2H6/c1-4(8)5(6)2-3-7-9;1-2/h5,7H,2-3,6,9H2,1H3;1-2H3. The average Bonchev–Trinajstić information content (AvgIpc) is 2.03. The Balaban J connectivity index is 0. The molecule has 0 aliphatic rings. The first-order chi connectivity index (χ1) is 5.18. The SMILES string of the molecule is CC.CC(=O)C(N)CCNP. The van der Waals surface area contributed by atoms with E-state index in [9.17, 15) is 4.79 Å². The molecule has 0 aromatic carbocycles. The summed E-state index contributed by atoms with van der Waals surface area (Å²) in [4.78, 5) is 10.5. The molecule has 11 heavy (non-hydrogen) atoms. The summed E-state index contributed by atoms with van der Waals surface area (Å²) in [6.07, 6.45) is 0.707. The maximum Gasteiger partial charge on any atom is 0.146 e. The summed E-state index contributed by atoms with van der Waals surface area (Å²) < 4.78 is 0. The van der Waals surface area contributed by atoms with Crippen molar-refractivity contribution in [2.75, 3.05) is 6.54 Å². The highest BCUT2D eigenvalue weighted by Crippen LogP contribution is 1.87. The zero-order chi connectivity index (χ0) is 9.28. The zero-order valence-electron chi connectivity index (χ0n) is 7.55. The molecule has 0 rings (SSSR count). The van der Waals surface area contributed by atoms with Gasteiger partial charge >= 0.3 is 0 Å². The topological polar surface area (TPSA) is 55.1 Å². The maximum absolute atomic E-state index is 10.5. The molecule has 0 saturated heterocycles. The summed E-state index contributed by atoms with van der Waals surface area (Å²) in [6, 6.07) is -0.293. The van der Waals surface area contributed by atoms with Gasteiger partial charge in [-0.15, -0.1) is 0 Å². The molecular formula is C7H19N2OP. The van der Waals surface area contributed by atoms with E-state index < -0.39 is 0 Å². The minimum atomic E-state index is -0.293. The highest BCUT2D eigenvalue weighted by atomic mass is 31.0. The number of carbonyl (C=O) groups is 1. The first-order valence-corrected chi connectivity index (χ1v) is 4.45. The summed E-state index contributed by atoms with van der Waals surface area (Å²) in [5.74, 6) is 0.0512. The van der Waals surface area contributed by atoms with Gasteiger partial charge in [-0.1, -0.05) is 23.2 Å². The fourth-order valence-electron chi connectivity index (χ4n) is 0.442. The lowest BCUT2D eigenvalue weighted by Crippen LogP contribution is -2.30. The van der Waals surface area contributed by atoms with E-state index in [2.05, 4.69) is 14.5 Å². The highest BCUT2D eigenvalue weighted by Gasteiger charge is 2.05. The Morgan fingerprint density at radius 3 is 2.36 bits per heavy atom. The fraction of sp³-hybridized carbons (Fsp3) is 0.857. The molecule has 0 amide bonds. The molecule has 3 N–H and O–H groups in total. The van der Waals surface area contributed by atoms with Gasteiger partial charge in [0.1, 0.15) is 5.78 Å². The van der Waals surface area contributed by atoms with Crippen LogP contribution in [0.5, 0.6) is 0 Å². The van der Waals surface area contributed by atoms with E-state index in [1.165, 1.54) is 6.92 Å². The second-order valence-electron chi connectivity index (χ2n) is 1.96. The molecule has 0 heterocycles. The highest BCUT2D eigenvalue weighted by molar-refractivity contribution is 7.13. The number of hydrogen-bond acceptors (Lipinski definition) is 3. The number of ketones is 1. The Labute approximate surface area is 71.4 Å². The third-order valence-electron chi connectivity index (χ3n) is 1.12. The smallest absolute Gasteiger partial charge is 0.146 e. The summed E-state index contributed by atoms with van der Waals surface area (Å²) in [6.45, 7) is 6.28. The van der Waals surface area contributed by atoms with Gasteiger partial charge in [0.25, 0.3) is 0 Å². The normalized spacial score (nSPS) is 11.4. The van der Waals surface area contributed by atoms with Crippen LogP contribution in [0.25, 0.3) is 0 Å². The molecule has 0 spiro atoms. The Hall–Kier alpha value is 0.0200. The minimum absolute atomic E-state index is 0.0512. The average molecular weight is 178 g/mol. The lowest BCUT2D eigenvalue weighted by Gasteiger charge is -2.04. The second kappa shape index (κ2) is 10.0. The Morgan fingerprint density at radius 1 is 1.64 bits per heavy atom. The van der Waals surface area contributed by atoms with Crippen LogP contribution in [0.3, 0.4) is 0 Å². The van der Waals surface area contributed by atoms with Crippen molar-refractivity contribution < 1.29 is 4.79 Å². The van der Waals surface area contributed by atoms with Crippen molar-refractivity contribution in [2.24, 2.45) is 5.73 Å². The molecular weight excluding hydrogens is 159 g/mol. The van der Waals surface area contributed by atoms with Crippen LogP contribution >= 0.6 is 9.39 Å². The van der Waals surface area contributed by atoms with Gasteiger partial charge in [0.15, 0.2) is 0 Å². The van der Waals surface area contributed by atoms with Crippen LogP contribution in [0, 0.1) is 0 Å². The predicted octanol–water partition coefficient (Wildman–Crippen LogP) is 0.699. The zero-order valence-corrected chi connectivity index (χ0v) is 8.71. The van der Waals surface area contributed by atoms with Gasteiger partial charge in [0.2, 0.25) is 0 Å². The van der Waals surface area contributed by atoms with E-state index in [-0.39, 0.29) is 11.8 Å². The number of hydrogen-bond donors (Lipinski definition) is 2. The number of carbonyl (C=O) groups excluding carboxylic acids is 1. The molecule has 2 atom stereocenters. The van der Waals surface area contributed by atoms with Crippen molar-refractivity contribution >= 4 is 15.2 Å². The van der Waals surface area contributed by atoms with Crippen molar-refractivity contribution in [1.82, 2.24) is 5.09 Å². The molecule has 4 heteroatoms. The summed E-state index contributed by atoms with van der Waals surface area (Å²) in [5, 5.41) is 2.84. The Morgan fingerprint density at radius 2 is 2.09 bits per heavy atom. The van der Waals surface area contributed by atoms with Crippen LogP contribution in [-0.4, -0.2) is 18.4 Å². The molecule has 0 aromatic heterocycles. The van der Waals surface area contributed by atoms with Gasteiger partial charge in [0, 0.05) is 6.54 Å². The first-order valence-electron chi connectivity index (χ1n) is 3.88. The van der Waals surface area contributed by atoms with Crippen molar-refractivity contribution in [1.29, 1.82) is 0 Å². The molecule has 0 aliphatic carbocycles. The first kappa shape index (κ1) is 13.6. The minimum Gasteiger partial charge on any atom is -0.321 e. The Bertz CT molecular complexity index is 98.4. The van der Waals surface area contributed by atoms with Crippen LogP contribution in [0.15, 0.2) is 0 Å². The quantitative estimate of drug-likeness (QED) is 0.623. The van der Waals surface area contributed by atoms with E-state index in [1.807, 2.05) is 13.8 Å². The molecule has 0 radical (unpaired) electrons. The number of nitrogens with two attached hydrogens (primary N) is 1. The number of rotatable bonds is 4. The van der Waals surface area contributed by atoms with Gasteiger partial charge in [-0.05, 0) is 13.3 Å². The van der Waals surface area contributed by atoms with E-state index >= 15 is 0 Å². The molecule has 3 nitrogen and oxygen atoms in total. The van der Waals surface area contributed by atoms with Crippen LogP contribution in [0.4, 0.5) is 0 Å². The molecule has 0 bridgehead atoms. The largest absolute Gasteiger partial charge is 0.321 e. The van der Waals surface area contributed by atoms with E-state index in [0.29, 0.717) is 6.42 Å². The van der Waals surface area contributed by atoms with Crippen LogP contribution in [-0.2, 0) is 4.79 Å². The third-order valence-corrected chi connectivity index (χ3v) is 1.41. The summed E-state index contributed by atoms with van der Waals surface area (Å²) in [5.41, 5.74) is 5.40. The Kier molecular flexibility index (Phi) is 12.4. The van der Waals surface area contributed by atoms with E-state index in [1.54, 1.807) is 0 Å². The number of Topliss-reactive ketones (excluding diaryl/α,β-unsaturated/α-hetero) is 1. The van der Waals surface area contributed by atoms with E-state index in [0.717, 1.165) is 6.54 Å². The second-order valence-corrected chi connectivity index (χ2v) is 2.37. The van der Waals surface area contributed by atoms with Crippen LogP contribution in [0.1, 0.15) is 27.2 Å². The third kappa shape index (κ3) is 10.0. The van der Waals surface area contributed by atoms with Gasteiger partial charge in [-0.25, -0.2) is 0 Å². The van der Waals surface area contributed by atoms with Gasteiger partial charge in [-0.3, -0.25) is 4.79 Å². The molecule has 0 fully saturated rings. The lowest BCUT2D eigenvalue weighted by molar-refractivity contribution is -0.118. The van der Waals surface area contributed by atoms with Crippen LogP contribution < -0.4 is 10.8 Å². The van der Waals surface area contributed by atoms with E-state index in [4.69, 9.17) is 5.73 Å². The van der Waals surface area contributed by atoms with Crippen molar-refractivity contribution in [3.05, 3.63) is 0 Å². The maximum atomic E-state index is 10.5. The van der Waals surface area contributed by atoms with Crippen molar-refractivity contribution in [3.8, 4) is 0 Å². The van der Waals surface area contributed by atoms with Crippen molar-refractivity contribution in [2.45, 2.75) is 33.2 Å². The lowest BCUT2D eigenvalue weighted by atomic mass is 10.1. The van der Waals surface area contributed by atoms with Gasteiger partial charge < -0.3 is 10.8 Å². The molecule has 0 aliphatic heterocycles. The monoisotopic (exact) mass is 178 g/mol. The van der Waals surface area contributed by atoms with Gasteiger partial charge in [-0.2, -0.15) is 0 Å². The molecule has 0 aromatic rings. The fourth-order valence-corrected chi connectivity index (χ4v) is 0.609. The van der Waals surface area contributed by atoms with Gasteiger partial charge in [0.05, 0.1) is 6.04 Å². The summed E-state index contributed by atoms with van der Waals surface area (Å²) >= 11 is 0. The molecule has 68 valence electrons. The molecule has 0 saturated carbocycles. The van der Waals surface area contributed by atoms with Crippen LogP contribution in [0.2, 0.25) is 0 Å². The van der Waals surface area contributed by atoms with Crippen molar-refractivity contribution in [3.63, 3.8) is 0 Å². The number of nitrogens with one attached hydrogen (secondary N) is 1. The predicted molar refractivity (Wildman–Crippen MR) is 52.3 cm³/mol. The molecule has 2 unspecified atom stereocenters. The summed E-state index contributed by atoms with van der Waals surface area (Å²) in [7, 11) is 2.36.